The first-order chi connectivity index (χ1) is 14.4. The highest BCUT2D eigenvalue weighted by Crippen LogP contribution is 2.40. The van der Waals surface area contributed by atoms with Gasteiger partial charge in [0.05, 0.1) is 21.3 Å². The maximum absolute atomic E-state index is 12.3. The number of nitrogens with two attached hydrogens (primary N) is 1. The van der Waals surface area contributed by atoms with Crippen molar-refractivity contribution in [2.75, 3.05) is 27.9 Å². The molecule has 1 heterocycles. The zero-order valence-corrected chi connectivity index (χ0v) is 18.4. The molecule has 0 saturated carbocycles. The van der Waals surface area contributed by atoms with Crippen molar-refractivity contribution < 1.29 is 23.5 Å². The van der Waals surface area contributed by atoms with Crippen LogP contribution in [0.15, 0.2) is 16.7 Å². The second kappa shape index (κ2) is 11.4. The van der Waals surface area contributed by atoms with E-state index in [-0.39, 0.29) is 17.9 Å². The number of benzene rings is 1. The molecule has 1 aromatic heterocycles. The van der Waals surface area contributed by atoms with Gasteiger partial charge in [0.2, 0.25) is 23.4 Å². The molecule has 1 unspecified atom stereocenters. The van der Waals surface area contributed by atoms with Crippen molar-refractivity contribution in [3.05, 3.63) is 18.0 Å². The molecule has 1 atom stereocenters. The van der Waals surface area contributed by atoms with E-state index in [9.17, 15) is 4.79 Å². The lowest BCUT2D eigenvalue weighted by atomic mass is 10.0. The van der Waals surface area contributed by atoms with Crippen molar-refractivity contribution in [3.63, 3.8) is 0 Å². The van der Waals surface area contributed by atoms with Crippen LogP contribution < -0.4 is 25.3 Å². The second-order valence-corrected chi connectivity index (χ2v) is 7.26. The van der Waals surface area contributed by atoms with Gasteiger partial charge in [0.25, 0.3) is 0 Å². The Bertz CT molecular complexity index is 796. The van der Waals surface area contributed by atoms with Crippen molar-refractivity contribution in [1.29, 1.82) is 0 Å². The Morgan fingerprint density at radius 2 is 1.77 bits per heavy atom. The molecule has 0 fully saturated rings. The van der Waals surface area contributed by atoms with Crippen LogP contribution >= 0.6 is 0 Å². The maximum atomic E-state index is 12.3. The van der Waals surface area contributed by atoms with Gasteiger partial charge in [0.1, 0.15) is 6.04 Å². The van der Waals surface area contributed by atoms with E-state index in [0.29, 0.717) is 47.5 Å². The summed E-state index contributed by atoms with van der Waals surface area (Å²) in [4.78, 5) is 16.8. The smallest absolute Gasteiger partial charge is 0.249 e. The minimum Gasteiger partial charge on any atom is -0.493 e. The summed E-state index contributed by atoms with van der Waals surface area (Å²) in [5.41, 5.74) is 6.14. The summed E-state index contributed by atoms with van der Waals surface area (Å²) in [6.07, 6.45) is 3.09. The normalized spacial score (nSPS) is 12.0. The summed E-state index contributed by atoms with van der Waals surface area (Å²) in [6.45, 7) is 4.62. The average Bonchev–Trinajstić information content (AvgIpc) is 3.23. The van der Waals surface area contributed by atoms with Gasteiger partial charge in [-0.15, -0.1) is 0 Å². The zero-order chi connectivity index (χ0) is 22.1. The first-order valence-electron chi connectivity index (χ1n) is 10.1. The third-order valence-corrected chi connectivity index (χ3v) is 4.72. The van der Waals surface area contributed by atoms with E-state index in [4.69, 9.17) is 24.5 Å². The molecule has 0 bridgehead atoms. The van der Waals surface area contributed by atoms with Crippen LogP contribution in [0.5, 0.6) is 17.2 Å². The Kier molecular flexibility index (Phi) is 8.91. The number of unbranched alkanes of at least 4 members (excludes halogenated alkanes) is 2. The van der Waals surface area contributed by atoms with Crippen LogP contribution in [-0.4, -0.2) is 43.9 Å². The molecule has 0 spiro atoms. The van der Waals surface area contributed by atoms with E-state index >= 15 is 0 Å². The molecule has 0 aliphatic heterocycles. The number of carbonyl (C=O) groups is 1. The summed E-state index contributed by atoms with van der Waals surface area (Å²) in [5, 5.41) is 7.09. The largest absolute Gasteiger partial charge is 0.493 e. The van der Waals surface area contributed by atoms with Crippen LogP contribution in [0.1, 0.15) is 51.5 Å². The first kappa shape index (κ1) is 23.5. The van der Waals surface area contributed by atoms with Gasteiger partial charge in [-0.1, -0.05) is 25.4 Å². The predicted octanol–water partition coefficient (Wildman–Crippen LogP) is 3.09. The number of aromatic nitrogens is 2. The third-order valence-electron chi connectivity index (χ3n) is 4.72. The molecular weight excluding hydrogens is 388 g/mol. The number of methoxy groups -OCH3 is 3. The number of ether oxygens (including phenoxy) is 3. The molecule has 0 aliphatic carbocycles. The summed E-state index contributed by atoms with van der Waals surface area (Å²) in [7, 11) is 4.62. The number of rotatable bonds is 12. The van der Waals surface area contributed by atoms with Crippen molar-refractivity contribution >= 4 is 5.91 Å². The van der Waals surface area contributed by atoms with Crippen LogP contribution in [0, 0.1) is 5.92 Å². The van der Waals surface area contributed by atoms with Gasteiger partial charge in [-0.25, -0.2) is 0 Å². The van der Waals surface area contributed by atoms with Gasteiger partial charge in [-0.05, 0) is 37.4 Å². The Balaban J connectivity index is 2.21. The average molecular weight is 421 g/mol. The molecule has 0 aliphatic rings. The zero-order valence-electron chi connectivity index (χ0n) is 18.4. The molecule has 0 radical (unpaired) electrons. The van der Waals surface area contributed by atoms with Gasteiger partial charge < -0.3 is 29.8 Å². The topological polar surface area (TPSA) is 122 Å². The van der Waals surface area contributed by atoms with E-state index in [1.807, 2.05) is 13.8 Å². The van der Waals surface area contributed by atoms with Gasteiger partial charge in [0, 0.05) is 12.0 Å². The highest BCUT2D eigenvalue weighted by Gasteiger charge is 2.25. The molecule has 2 rings (SSSR count). The molecule has 166 valence electrons. The molecule has 1 aromatic carbocycles. The minimum absolute atomic E-state index is 0.0433. The molecule has 3 N–H and O–H groups in total. The SMILES string of the molecule is COc1cc(-c2noc(C(NC(=O)CCCCCN)C(C)C)n2)cc(OC)c1OC. The van der Waals surface area contributed by atoms with Gasteiger partial charge in [0.15, 0.2) is 11.5 Å². The van der Waals surface area contributed by atoms with E-state index in [2.05, 4.69) is 15.5 Å². The van der Waals surface area contributed by atoms with Crippen molar-refractivity contribution in [2.24, 2.45) is 11.7 Å². The van der Waals surface area contributed by atoms with E-state index in [1.54, 1.807) is 33.5 Å². The van der Waals surface area contributed by atoms with Crippen molar-refractivity contribution in [2.45, 2.75) is 45.6 Å². The number of amides is 1. The van der Waals surface area contributed by atoms with Gasteiger partial charge in [-0.3, -0.25) is 4.79 Å². The maximum Gasteiger partial charge on any atom is 0.249 e. The highest BCUT2D eigenvalue weighted by molar-refractivity contribution is 5.76. The Morgan fingerprint density at radius 1 is 1.10 bits per heavy atom. The number of hydrogen-bond donors (Lipinski definition) is 2. The summed E-state index contributed by atoms with van der Waals surface area (Å²) in [6, 6.07) is 3.11. The fraction of sp³-hybridized carbons (Fsp3) is 0.571. The molecule has 30 heavy (non-hydrogen) atoms. The number of nitrogens with one attached hydrogen (secondary N) is 1. The molecule has 0 saturated heterocycles. The van der Waals surface area contributed by atoms with Gasteiger partial charge in [-0.2, -0.15) is 4.98 Å². The standard InChI is InChI=1S/C21H32N4O5/c1-13(2)18(23-17(26)9-7-6-8-10-22)21-24-20(25-30-21)14-11-15(27-3)19(29-5)16(12-14)28-4/h11-13,18H,6-10,22H2,1-5H3,(H,23,26). The van der Waals surface area contributed by atoms with E-state index in [1.165, 1.54) is 0 Å². The minimum atomic E-state index is -0.379. The van der Waals surface area contributed by atoms with Crippen molar-refractivity contribution in [1.82, 2.24) is 15.5 Å². The van der Waals surface area contributed by atoms with E-state index < -0.39 is 0 Å². The fourth-order valence-electron chi connectivity index (χ4n) is 3.05. The van der Waals surface area contributed by atoms with Crippen LogP contribution in [0.3, 0.4) is 0 Å². The molecule has 2 aromatic rings. The third kappa shape index (κ3) is 5.85. The van der Waals surface area contributed by atoms with Crippen LogP contribution in [0.2, 0.25) is 0 Å². The van der Waals surface area contributed by atoms with Crippen molar-refractivity contribution in [3.8, 4) is 28.6 Å². The lowest BCUT2D eigenvalue weighted by Crippen LogP contribution is -2.31. The molecular formula is C21H32N4O5. The summed E-state index contributed by atoms with van der Waals surface area (Å²) < 4.78 is 21.6. The van der Waals surface area contributed by atoms with Crippen LogP contribution in [0.25, 0.3) is 11.4 Å². The lowest BCUT2D eigenvalue weighted by Gasteiger charge is -2.18. The summed E-state index contributed by atoms with van der Waals surface area (Å²) >= 11 is 0. The monoisotopic (exact) mass is 420 g/mol. The lowest BCUT2D eigenvalue weighted by molar-refractivity contribution is -0.122. The quantitative estimate of drug-likeness (QED) is 0.502. The second-order valence-electron chi connectivity index (χ2n) is 7.26. The Morgan fingerprint density at radius 3 is 2.30 bits per heavy atom. The Labute approximate surface area is 177 Å². The van der Waals surface area contributed by atoms with Crippen LogP contribution in [-0.2, 0) is 4.79 Å². The fourth-order valence-corrected chi connectivity index (χ4v) is 3.05. The van der Waals surface area contributed by atoms with Gasteiger partial charge >= 0.3 is 0 Å². The molecule has 9 heteroatoms. The first-order valence-corrected chi connectivity index (χ1v) is 10.1. The molecule has 1 amide bonds. The Hall–Kier alpha value is -2.81. The predicted molar refractivity (Wildman–Crippen MR) is 113 cm³/mol. The van der Waals surface area contributed by atoms with Crippen LogP contribution in [0.4, 0.5) is 0 Å². The highest BCUT2D eigenvalue weighted by atomic mass is 16.5. The number of hydrogen-bond acceptors (Lipinski definition) is 8. The molecule has 9 nitrogen and oxygen atoms in total. The number of nitrogens with zero attached hydrogens (tertiary/aromatic N) is 2. The van der Waals surface area contributed by atoms with E-state index in [0.717, 1.165) is 19.3 Å². The summed E-state index contributed by atoms with van der Waals surface area (Å²) in [5.74, 6) is 2.21. The number of carbonyl (C=O) groups excluding carboxylic acids is 1.